The molecule has 2 atom stereocenters. The third-order valence-electron chi connectivity index (χ3n) is 4.39. The number of amides is 4. The van der Waals surface area contributed by atoms with Crippen LogP contribution in [0.4, 0.5) is 22.7 Å². The molecule has 150 valence electrons. The highest BCUT2D eigenvalue weighted by Crippen LogP contribution is 2.40. The van der Waals surface area contributed by atoms with Gasteiger partial charge in [-0.15, -0.1) is 0 Å². The van der Waals surface area contributed by atoms with E-state index in [1.54, 1.807) is 48.5 Å². The molecule has 0 aromatic heterocycles. The Bertz CT molecular complexity index is 955. The Hall–Kier alpha value is -3.68. The quantitative estimate of drug-likeness (QED) is 0.603. The second-order valence-electron chi connectivity index (χ2n) is 6.95. The molecule has 0 spiro atoms. The van der Waals surface area contributed by atoms with Crippen molar-refractivity contribution in [1.29, 1.82) is 0 Å². The fourth-order valence-electron chi connectivity index (χ4n) is 2.96. The van der Waals surface area contributed by atoms with Gasteiger partial charge in [-0.3, -0.25) is 19.2 Å². The van der Waals surface area contributed by atoms with Gasteiger partial charge in [0.25, 0.3) is 0 Å². The van der Waals surface area contributed by atoms with Gasteiger partial charge in [-0.2, -0.15) is 0 Å². The van der Waals surface area contributed by atoms with Gasteiger partial charge in [0.15, 0.2) is 0 Å². The average Bonchev–Trinajstić information content (AvgIpc) is 3.44. The van der Waals surface area contributed by atoms with Crippen LogP contribution in [0.3, 0.4) is 0 Å². The summed E-state index contributed by atoms with van der Waals surface area (Å²) in [6, 6.07) is 13.6. The van der Waals surface area contributed by atoms with Gasteiger partial charge in [0.2, 0.25) is 23.6 Å². The van der Waals surface area contributed by atoms with E-state index in [0.717, 1.165) is 0 Å². The molecule has 2 aromatic rings. The lowest BCUT2D eigenvalue weighted by Gasteiger charge is -2.08. The maximum absolute atomic E-state index is 12.4. The third kappa shape index (κ3) is 5.65. The lowest BCUT2D eigenvalue weighted by atomic mass is 10.2. The summed E-state index contributed by atoms with van der Waals surface area (Å²) in [5, 5.41) is 10.9. The maximum Gasteiger partial charge on any atom is 0.228 e. The van der Waals surface area contributed by atoms with Crippen molar-refractivity contribution < 1.29 is 19.2 Å². The van der Waals surface area contributed by atoms with E-state index in [0.29, 0.717) is 29.2 Å². The smallest absolute Gasteiger partial charge is 0.228 e. The van der Waals surface area contributed by atoms with Crippen LogP contribution in [0.2, 0.25) is 0 Å². The molecule has 8 nitrogen and oxygen atoms in total. The maximum atomic E-state index is 12.4. The zero-order valence-electron chi connectivity index (χ0n) is 16.1. The van der Waals surface area contributed by atoms with Crippen LogP contribution in [-0.2, 0) is 19.2 Å². The topological polar surface area (TPSA) is 116 Å². The Balaban J connectivity index is 1.52. The van der Waals surface area contributed by atoms with Gasteiger partial charge in [0, 0.05) is 36.6 Å². The number of benzene rings is 2. The van der Waals surface area contributed by atoms with E-state index in [2.05, 4.69) is 21.3 Å². The number of rotatable bonds is 6. The number of nitrogens with one attached hydrogen (secondary N) is 4. The summed E-state index contributed by atoms with van der Waals surface area (Å²) >= 11 is 0. The van der Waals surface area contributed by atoms with Gasteiger partial charge in [-0.25, -0.2) is 0 Å². The molecule has 0 aliphatic heterocycles. The molecule has 1 fully saturated rings. The first-order valence-electron chi connectivity index (χ1n) is 9.19. The van der Waals surface area contributed by atoms with Crippen molar-refractivity contribution in [3.8, 4) is 0 Å². The standard InChI is InChI=1S/C21H22N4O4/c1-12(26)22-14-6-8-15(9-7-14)24-20(28)18-11-19(18)21(29)25-17-5-3-4-16(10-17)23-13(2)27/h3-10,18-19H,11H2,1-2H3,(H,22,26)(H,23,27)(H,24,28)(H,25,29). The van der Waals surface area contributed by atoms with Crippen LogP contribution in [-0.4, -0.2) is 23.6 Å². The first kappa shape index (κ1) is 20.1. The molecule has 1 saturated carbocycles. The molecule has 4 N–H and O–H groups in total. The van der Waals surface area contributed by atoms with E-state index in [-0.39, 0.29) is 29.5 Å². The average molecular weight is 394 g/mol. The molecule has 0 radical (unpaired) electrons. The first-order valence-corrected chi connectivity index (χ1v) is 9.19. The monoisotopic (exact) mass is 394 g/mol. The summed E-state index contributed by atoms with van der Waals surface area (Å²) in [4.78, 5) is 46.9. The second-order valence-corrected chi connectivity index (χ2v) is 6.95. The van der Waals surface area contributed by atoms with Crippen LogP contribution in [0.5, 0.6) is 0 Å². The van der Waals surface area contributed by atoms with E-state index in [1.807, 2.05) is 0 Å². The molecule has 1 aliphatic carbocycles. The Morgan fingerprint density at radius 3 is 1.59 bits per heavy atom. The number of carbonyl (C=O) groups is 4. The molecule has 2 unspecified atom stereocenters. The summed E-state index contributed by atoms with van der Waals surface area (Å²) in [6.45, 7) is 2.83. The first-order chi connectivity index (χ1) is 13.8. The SMILES string of the molecule is CC(=O)Nc1ccc(NC(=O)C2CC2C(=O)Nc2cccc(NC(C)=O)c2)cc1. The van der Waals surface area contributed by atoms with Crippen LogP contribution in [0, 0.1) is 11.8 Å². The summed E-state index contributed by atoms with van der Waals surface area (Å²) < 4.78 is 0. The van der Waals surface area contributed by atoms with Crippen LogP contribution in [0.1, 0.15) is 20.3 Å². The normalized spacial score (nSPS) is 17.0. The predicted molar refractivity (Wildman–Crippen MR) is 110 cm³/mol. The lowest BCUT2D eigenvalue weighted by Crippen LogP contribution is -2.20. The van der Waals surface area contributed by atoms with Crippen molar-refractivity contribution in [2.75, 3.05) is 21.3 Å². The van der Waals surface area contributed by atoms with Crippen molar-refractivity contribution in [1.82, 2.24) is 0 Å². The Morgan fingerprint density at radius 1 is 0.655 bits per heavy atom. The second kappa shape index (κ2) is 8.55. The van der Waals surface area contributed by atoms with Crippen molar-refractivity contribution in [2.45, 2.75) is 20.3 Å². The molecular formula is C21H22N4O4. The zero-order valence-corrected chi connectivity index (χ0v) is 16.1. The predicted octanol–water partition coefficient (Wildman–Crippen LogP) is 2.82. The van der Waals surface area contributed by atoms with Gasteiger partial charge < -0.3 is 21.3 Å². The molecule has 2 aromatic carbocycles. The summed E-state index contributed by atoms with van der Waals surface area (Å²) in [6.07, 6.45) is 0.479. The number of carbonyl (C=O) groups excluding carboxylic acids is 4. The number of hydrogen-bond acceptors (Lipinski definition) is 4. The van der Waals surface area contributed by atoms with Crippen molar-refractivity contribution >= 4 is 46.4 Å². The van der Waals surface area contributed by atoms with Gasteiger partial charge in [-0.1, -0.05) is 6.07 Å². The number of hydrogen-bond donors (Lipinski definition) is 4. The van der Waals surface area contributed by atoms with Gasteiger partial charge in [-0.05, 0) is 48.9 Å². The molecule has 0 saturated heterocycles. The minimum absolute atomic E-state index is 0.170. The van der Waals surface area contributed by atoms with Gasteiger partial charge >= 0.3 is 0 Å². The molecule has 29 heavy (non-hydrogen) atoms. The molecular weight excluding hydrogens is 372 g/mol. The molecule has 1 aliphatic rings. The summed E-state index contributed by atoms with van der Waals surface area (Å²) in [7, 11) is 0. The van der Waals surface area contributed by atoms with Crippen molar-refractivity contribution in [2.24, 2.45) is 11.8 Å². The van der Waals surface area contributed by atoms with E-state index in [4.69, 9.17) is 0 Å². The summed E-state index contributed by atoms with van der Waals surface area (Å²) in [5.74, 6) is -1.59. The third-order valence-corrected chi connectivity index (χ3v) is 4.39. The minimum atomic E-state index is -0.391. The highest BCUT2D eigenvalue weighted by molar-refractivity contribution is 6.03. The van der Waals surface area contributed by atoms with E-state index in [9.17, 15) is 19.2 Å². The van der Waals surface area contributed by atoms with E-state index in [1.165, 1.54) is 13.8 Å². The highest BCUT2D eigenvalue weighted by Gasteiger charge is 2.48. The fourth-order valence-corrected chi connectivity index (χ4v) is 2.96. The Labute approximate surface area is 168 Å². The molecule has 0 heterocycles. The van der Waals surface area contributed by atoms with E-state index >= 15 is 0 Å². The highest BCUT2D eigenvalue weighted by atomic mass is 16.2. The molecule has 4 amide bonds. The van der Waals surface area contributed by atoms with Crippen molar-refractivity contribution in [3.63, 3.8) is 0 Å². The van der Waals surface area contributed by atoms with Crippen molar-refractivity contribution in [3.05, 3.63) is 48.5 Å². The lowest BCUT2D eigenvalue weighted by molar-refractivity contribution is -0.122. The minimum Gasteiger partial charge on any atom is -0.326 e. The number of anilines is 4. The molecule has 0 bridgehead atoms. The van der Waals surface area contributed by atoms with Crippen LogP contribution >= 0.6 is 0 Å². The van der Waals surface area contributed by atoms with Gasteiger partial charge in [0.05, 0.1) is 11.8 Å². The summed E-state index contributed by atoms with van der Waals surface area (Å²) in [5.41, 5.74) is 2.38. The van der Waals surface area contributed by atoms with E-state index < -0.39 is 5.92 Å². The van der Waals surface area contributed by atoms with Crippen LogP contribution < -0.4 is 21.3 Å². The fraction of sp³-hybridized carbons (Fsp3) is 0.238. The molecule has 3 rings (SSSR count). The van der Waals surface area contributed by atoms with Gasteiger partial charge in [0.1, 0.15) is 0 Å². The van der Waals surface area contributed by atoms with Crippen LogP contribution in [0.25, 0.3) is 0 Å². The Morgan fingerprint density at radius 2 is 1.07 bits per heavy atom. The Kier molecular flexibility index (Phi) is 5.92. The van der Waals surface area contributed by atoms with Crippen LogP contribution in [0.15, 0.2) is 48.5 Å². The molecule has 8 heteroatoms. The zero-order chi connectivity index (χ0) is 21.0. The largest absolute Gasteiger partial charge is 0.326 e.